The summed E-state index contributed by atoms with van der Waals surface area (Å²) in [7, 11) is 0. The molecule has 2 atom stereocenters. The number of carboxylic acids is 1. The number of hydrogen-bond acceptors (Lipinski definition) is 3. The van der Waals surface area contributed by atoms with Gasteiger partial charge in [-0.25, -0.2) is 0 Å². The van der Waals surface area contributed by atoms with Crippen LogP contribution in [0.3, 0.4) is 0 Å². The fourth-order valence-electron chi connectivity index (χ4n) is 2.45. The number of rotatable bonds is 7. The lowest BCUT2D eigenvalue weighted by atomic mass is 9.80. The third kappa shape index (κ3) is 3.96. The van der Waals surface area contributed by atoms with Gasteiger partial charge < -0.3 is 15.2 Å². The van der Waals surface area contributed by atoms with Crippen LogP contribution >= 0.6 is 0 Å². The van der Waals surface area contributed by atoms with Crippen LogP contribution < -0.4 is 5.32 Å². The lowest BCUT2D eigenvalue weighted by molar-refractivity contribution is -0.149. The van der Waals surface area contributed by atoms with E-state index in [9.17, 15) is 9.90 Å². The van der Waals surface area contributed by atoms with Crippen molar-refractivity contribution in [3.05, 3.63) is 0 Å². The van der Waals surface area contributed by atoms with Crippen molar-refractivity contribution in [2.24, 2.45) is 0 Å². The van der Waals surface area contributed by atoms with Gasteiger partial charge in [-0.15, -0.1) is 0 Å². The Morgan fingerprint density at radius 3 is 2.82 bits per heavy atom. The molecule has 0 aromatic rings. The lowest BCUT2D eigenvalue weighted by Crippen LogP contribution is -2.56. The standard InChI is InChI=1S/C13H25NO3/c1-3-8-14-13(12(15)16)7-5-6-11(10-13)17-9-4-2/h11,14H,3-10H2,1-2H3,(H,15,16). The molecule has 0 bridgehead atoms. The highest BCUT2D eigenvalue weighted by Gasteiger charge is 2.42. The van der Waals surface area contributed by atoms with E-state index in [1.165, 1.54) is 0 Å². The van der Waals surface area contributed by atoms with Crippen LogP contribution in [0.25, 0.3) is 0 Å². The molecule has 0 spiro atoms. The summed E-state index contributed by atoms with van der Waals surface area (Å²) in [6.07, 6.45) is 5.27. The molecule has 1 aliphatic carbocycles. The van der Waals surface area contributed by atoms with Gasteiger partial charge in [-0.3, -0.25) is 4.79 Å². The molecule has 100 valence electrons. The summed E-state index contributed by atoms with van der Waals surface area (Å²) in [5.41, 5.74) is -0.757. The molecular weight excluding hydrogens is 218 g/mol. The number of aliphatic carboxylic acids is 1. The van der Waals surface area contributed by atoms with Crippen molar-refractivity contribution in [2.75, 3.05) is 13.2 Å². The molecule has 1 aliphatic rings. The van der Waals surface area contributed by atoms with Gasteiger partial charge in [0.05, 0.1) is 6.10 Å². The smallest absolute Gasteiger partial charge is 0.323 e. The number of hydrogen-bond donors (Lipinski definition) is 2. The fourth-order valence-corrected chi connectivity index (χ4v) is 2.45. The molecule has 2 N–H and O–H groups in total. The minimum Gasteiger partial charge on any atom is -0.480 e. The van der Waals surface area contributed by atoms with E-state index < -0.39 is 11.5 Å². The maximum Gasteiger partial charge on any atom is 0.323 e. The van der Waals surface area contributed by atoms with Crippen LogP contribution in [0.5, 0.6) is 0 Å². The molecule has 17 heavy (non-hydrogen) atoms. The minimum atomic E-state index is -0.757. The molecule has 0 heterocycles. The van der Waals surface area contributed by atoms with E-state index in [0.29, 0.717) is 12.8 Å². The molecule has 4 nitrogen and oxygen atoms in total. The maximum atomic E-state index is 11.5. The SMILES string of the molecule is CCCNC1(C(=O)O)CCCC(OCCC)C1. The highest BCUT2D eigenvalue weighted by atomic mass is 16.5. The van der Waals surface area contributed by atoms with Crippen molar-refractivity contribution in [2.45, 2.75) is 64.0 Å². The van der Waals surface area contributed by atoms with Gasteiger partial charge in [0.1, 0.15) is 5.54 Å². The lowest BCUT2D eigenvalue weighted by Gasteiger charge is -2.38. The Labute approximate surface area is 104 Å². The van der Waals surface area contributed by atoms with Gasteiger partial charge >= 0.3 is 5.97 Å². The Morgan fingerprint density at radius 1 is 1.47 bits per heavy atom. The summed E-state index contributed by atoms with van der Waals surface area (Å²) < 4.78 is 5.71. The van der Waals surface area contributed by atoms with E-state index in [-0.39, 0.29) is 6.10 Å². The van der Waals surface area contributed by atoms with Crippen molar-refractivity contribution in [3.63, 3.8) is 0 Å². The summed E-state index contributed by atoms with van der Waals surface area (Å²) in [5.74, 6) is -0.726. The summed E-state index contributed by atoms with van der Waals surface area (Å²) >= 11 is 0. The summed E-state index contributed by atoms with van der Waals surface area (Å²) in [6.45, 7) is 5.61. The maximum absolute atomic E-state index is 11.5. The number of ether oxygens (including phenoxy) is 1. The largest absolute Gasteiger partial charge is 0.480 e. The third-order valence-electron chi connectivity index (χ3n) is 3.39. The topological polar surface area (TPSA) is 58.6 Å². The van der Waals surface area contributed by atoms with Gasteiger partial charge in [0.25, 0.3) is 0 Å². The van der Waals surface area contributed by atoms with Crippen LogP contribution in [-0.2, 0) is 9.53 Å². The fraction of sp³-hybridized carbons (Fsp3) is 0.923. The van der Waals surface area contributed by atoms with E-state index in [1.54, 1.807) is 0 Å². The first-order chi connectivity index (χ1) is 8.14. The predicted molar refractivity (Wildman–Crippen MR) is 67.2 cm³/mol. The van der Waals surface area contributed by atoms with Gasteiger partial charge in [0.2, 0.25) is 0 Å². The molecule has 1 saturated carbocycles. The van der Waals surface area contributed by atoms with Crippen LogP contribution in [0.1, 0.15) is 52.4 Å². The summed E-state index contributed by atoms with van der Waals surface area (Å²) in [6, 6.07) is 0. The molecule has 0 aromatic heterocycles. The second-order valence-corrected chi connectivity index (χ2v) is 4.90. The Morgan fingerprint density at radius 2 is 2.24 bits per heavy atom. The average molecular weight is 243 g/mol. The van der Waals surface area contributed by atoms with Gasteiger partial charge in [0.15, 0.2) is 0 Å². The van der Waals surface area contributed by atoms with Crippen molar-refractivity contribution >= 4 is 5.97 Å². The number of carbonyl (C=O) groups is 1. The van der Waals surface area contributed by atoms with Gasteiger partial charge in [0, 0.05) is 13.0 Å². The monoisotopic (exact) mass is 243 g/mol. The van der Waals surface area contributed by atoms with E-state index >= 15 is 0 Å². The molecule has 1 rings (SSSR count). The second kappa shape index (κ2) is 6.97. The Bertz CT molecular complexity index is 245. The minimum absolute atomic E-state index is 0.101. The van der Waals surface area contributed by atoms with Crippen molar-refractivity contribution in [1.82, 2.24) is 5.32 Å². The zero-order valence-corrected chi connectivity index (χ0v) is 11.0. The Hall–Kier alpha value is -0.610. The first-order valence-corrected chi connectivity index (χ1v) is 6.74. The predicted octanol–water partition coefficient (Wildman–Crippen LogP) is 2.18. The van der Waals surface area contributed by atoms with Gasteiger partial charge in [-0.1, -0.05) is 13.8 Å². The van der Waals surface area contributed by atoms with Crippen LogP contribution in [0.15, 0.2) is 0 Å². The second-order valence-electron chi connectivity index (χ2n) is 4.90. The van der Waals surface area contributed by atoms with Crippen LogP contribution in [0.4, 0.5) is 0 Å². The molecule has 0 radical (unpaired) electrons. The molecular formula is C13H25NO3. The molecule has 0 aromatic carbocycles. The zero-order chi connectivity index (χ0) is 12.7. The summed E-state index contributed by atoms with van der Waals surface area (Å²) in [5, 5.41) is 12.7. The molecule has 0 aliphatic heterocycles. The van der Waals surface area contributed by atoms with Gasteiger partial charge in [-0.2, -0.15) is 0 Å². The zero-order valence-electron chi connectivity index (χ0n) is 11.0. The van der Waals surface area contributed by atoms with Crippen LogP contribution in [0, 0.1) is 0 Å². The molecule has 2 unspecified atom stereocenters. The van der Waals surface area contributed by atoms with Gasteiger partial charge in [-0.05, 0) is 38.6 Å². The van der Waals surface area contributed by atoms with E-state index in [2.05, 4.69) is 19.2 Å². The Balaban J connectivity index is 2.59. The highest BCUT2D eigenvalue weighted by molar-refractivity contribution is 5.79. The average Bonchev–Trinajstić information content (AvgIpc) is 2.34. The van der Waals surface area contributed by atoms with E-state index in [1.807, 2.05) is 0 Å². The number of carboxylic acid groups (broad SMARTS) is 1. The van der Waals surface area contributed by atoms with Crippen LogP contribution in [-0.4, -0.2) is 35.9 Å². The first-order valence-electron chi connectivity index (χ1n) is 6.74. The Kier molecular flexibility index (Phi) is 5.92. The van der Waals surface area contributed by atoms with Crippen LogP contribution in [0.2, 0.25) is 0 Å². The van der Waals surface area contributed by atoms with E-state index in [0.717, 1.165) is 38.8 Å². The highest BCUT2D eigenvalue weighted by Crippen LogP contribution is 2.30. The third-order valence-corrected chi connectivity index (χ3v) is 3.39. The molecule has 0 saturated heterocycles. The van der Waals surface area contributed by atoms with Crippen molar-refractivity contribution < 1.29 is 14.6 Å². The first kappa shape index (κ1) is 14.5. The quantitative estimate of drug-likeness (QED) is 0.719. The normalized spacial score (nSPS) is 29.2. The van der Waals surface area contributed by atoms with Crippen molar-refractivity contribution in [1.29, 1.82) is 0 Å². The molecule has 0 amide bonds. The summed E-state index contributed by atoms with van der Waals surface area (Å²) in [4.78, 5) is 11.5. The number of nitrogens with one attached hydrogen (secondary N) is 1. The van der Waals surface area contributed by atoms with E-state index in [4.69, 9.17) is 4.74 Å². The molecule has 4 heteroatoms. The molecule has 1 fully saturated rings. The van der Waals surface area contributed by atoms with Crippen molar-refractivity contribution in [3.8, 4) is 0 Å².